The molecule has 1 aliphatic heterocycles. The van der Waals surface area contributed by atoms with Gasteiger partial charge < -0.3 is 4.90 Å². The first-order valence-electron chi connectivity index (χ1n) is 10.5. The molecule has 0 N–H and O–H groups in total. The number of hydrogen-bond acceptors (Lipinski definition) is 5. The van der Waals surface area contributed by atoms with Gasteiger partial charge in [0.05, 0.1) is 23.7 Å². The Morgan fingerprint density at radius 1 is 1.18 bits per heavy atom. The lowest BCUT2D eigenvalue weighted by molar-refractivity contribution is -0.685. The molecule has 0 amide bonds. The van der Waals surface area contributed by atoms with Gasteiger partial charge in [-0.3, -0.25) is 9.36 Å². The predicted octanol–water partition coefficient (Wildman–Crippen LogP) is 4.01. The molecule has 0 unspecified atom stereocenters. The van der Waals surface area contributed by atoms with E-state index in [1.807, 2.05) is 42.8 Å². The Labute approximate surface area is 204 Å². The van der Waals surface area contributed by atoms with Crippen LogP contribution < -0.4 is 24.2 Å². The Kier molecular flexibility index (Phi) is 5.94. The second-order valence-electron chi connectivity index (χ2n) is 7.55. The third-order valence-electron chi connectivity index (χ3n) is 5.52. The molecule has 3 heterocycles. The maximum absolute atomic E-state index is 13.4. The molecule has 0 aliphatic carbocycles. The number of thiazole rings is 2. The summed E-state index contributed by atoms with van der Waals surface area (Å²) in [6.07, 6.45) is 4.21. The summed E-state index contributed by atoms with van der Waals surface area (Å²) in [6, 6.07) is 16.1. The summed E-state index contributed by atoms with van der Waals surface area (Å²) in [4.78, 5) is 20.0. The number of thioether (sulfide) groups is 1. The number of hydrogen-bond donors (Lipinski definition) is 0. The summed E-state index contributed by atoms with van der Waals surface area (Å²) in [5.41, 5.74) is 2.92. The molecule has 0 atom stereocenters. The molecule has 5 rings (SSSR count). The largest absolute Gasteiger partial charge is 0.337 e. The summed E-state index contributed by atoms with van der Waals surface area (Å²) < 4.78 is 5.75. The van der Waals surface area contributed by atoms with Crippen molar-refractivity contribution in [3.05, 3.63) is 102 Å². The number of benzene rings is 2. The monoisotopic (exact) mass is 489 g/mol. The molecule has 2 aromatic heterocycles. The highest BCUT2D eigenvalue weighted by molar-refractivity contribution is 8.08. The van der Waals surface area contributed by atoms with Crippen molar-refractivity contribution < 1.29 is 4.57 Å². The molecule has 1 aliphatic rings. The Hall–Kier alpha value is -3.12. The van der Waals surface area contributed by atoms with E-state index in [0.717, 1.165) is 36.4 Å². The second kappa shape index (κ2) is 9.02. The van der Waals surface area contributed by atoms with Crippen LogP contribution in [0.4, 0.5) is 11.4 Å². The zero-order chi connectivity index (χ0) is 22.9. The highest BCUT2D eigenvalue weighted by Crippen LogP contribution is 2.46. The maximum Gasteiger partial charge on any atom is 0.271 e. The van der Waals surface area contributed by atoms with Crippen LogP contribution in [0.3, 0.4) is 0 Å². The van der Waals surface area contributed by atoms with Crippen molar-refractivity contribution in [3.8, 4) is 0 Å². The number of fused-ring (bicyclic) bond motifs is 1. The van der Waals surface area contributed by atoms with Gasteiger partial charge in [-0.1, -0.05) is 59.5 Å². The molecule has 2 aromatic carbocycles. The van der Waals surface area contributed by atoms with Crippen LogP contribution >= 0.6 is 34.4 Å². The van der Waals surface area contributed by atoms with Gasteiger partial charge in [0.1, 0.15) is 14.2 Å². The fraction of sp³-hybridized carbons (Fsp3) is 0.160. The summed E-state index contributed by atoms with van der Waals surface area (Å²) in [5, 5.41) is 4.11. The third-order valence-corrected chi connectivity index (χ3v) is 8.84. The highest BCUT2D eigenvalue weighted by atomic mass is 32.2. The number of rotatable bonds is 4. The first-order chi connectivity index (χ1) is 16.1. The van der Waals surface area contributed by atoms with E-state index in [-0.39, 0.29) is 5.56 Å². The maximum atomic E-state index is 13.4. The Morgan fingerprint density at radius 2 is 2.00 bits per heavy atom. The van der Waals surface area contributed by atoms with E-state index in [1.54, 1.807) is 23.1 Å². The van der Waals surface area contributed by atoms with Gasteiger partial charge in [0.15, 0.2) is 18.4 Å². The van der Waals surface area contributed by atoms with Crippen molar-refractivity contribution in [1.82, 2.24) is 4.57 Å². The van der Waals surface area contributed by atoms with Crippen LogP contribution in [0, 0.1) is 6.57 Å². The van der Waals surface area contributed by atoms with Gasteiger partial charge in [-0.25, -0.2) is 4.85 Å². The van der Waals surface area contributed by atoms with Gasteiger partial charge in [-0.05, 0) is 19.1 Å². The normalized spacial score (nSPS) is 15.1. The third kappa shape index (κ3) is 4.04. The molecule has 164 valence electrons. The lowest BCUT2D eigenvalue weighted by atomic mass is 10.2. The van der Waals surface area contributed by atoms with Crippen LogP contribution in [0.2, 0.25) is 0 Å². The van der Waals surface area contributed by atoms with Crippen LogP contribution in [0.5, 0.6) is 0 Å². The Morgan fingerprint density at radius 3 is 2.76 bits per heavy atom. The average Bonchev–Trinajstić information content (AvgIpc) is 3.50. The lowest BCUT2D eigenvalue weighted by Crippen LogP contribution is -2.36. The van der Waals surface area contributed by atoms with E-state index >= 15 is 0 Å². The van der Waals surface area contributed by atoms with Crippen molar-refractivity contribution in [3.63, 3.8) is 0 Å². The quantitative estimate of drug-likeness (QED) is 0.321. The molecule has 0 saturated carbocycles. The standard InChI is InChI=1S/C25H21N4OS3/c1-4-29-22(15-21-28(12-13-31-21)16-17-8-6-5-7-9-17)33-23(24(29)30)25-27(3)19-11-10-18(26-2)14-20(19)32-25/h5-15H,4,16H2,1,3H3/q+1/b25-23+. The minimum absolute atomic E-state index is 0.0347. The van der Waals surface area contributed by atoms with Crippen molar-refractivity contribution in [2.75, 3.05) is 11.9 Å². The number of anilines is 1. The van der Waals surface area contributed by atoms with Crippen LogP contribution in [-0.4, -0.2) is 11.6 Å². The number of aromatic nitrogens is 2. The van der Waals surface area contributed by atoms with Crippen molar-refractivity contribution in [2.24, 2.45) is 0 Å². The van der Waals surface area contributed by atoms with E-state index < -0.39 is 0 Å². The second-order valence-corrected chi connectivity index (χ2v) is 10.5. The molecule has 8 heteroatoms. The zero-order valence-corrected chi connectivity index (χ0v) is 20.6. The molecule has 5 nitrogen and oxygen atoms in total. The topological polar surface area (TPSA) is 33.5 Å². The molecule has 0 spiro atoms. The summed E-state index contributed by atoms with van der Waals surface area (Å²) in [7, 11) is 1.98. The molecular formula is C25H21N4OS3+. The van der Waals surface area contributed by atoms with Crippen LogP contribution in [0.25, 0.3) is 16.0 Å². The lowest BCUT2D eigenvalue weighted by Gasteiger charge is -2.12. The van der Waals surface area contributed by atoms with Gasteiger partial charge >= 0.3 is 0 Å². The SMILES string of the molecule is [C-]#[N+]c1ccc2c(c1)S/C(=c1/s/c(=C\c3scc[n+]3Cc3ccccc3)n(CC)c1=O)N2C. The molecule has 33 heavy (non-hydrogen) atoms. The van der Waals surface area contributed by atoms with Crippen LogP contribution in [0.15, 0.2) is 69.8 Å². The Bertz CT molecular complexity index is 1560. The van der Waals surface area contributed by atoms with Crippen molar-refractivity contribution in [2.45, 2.75) is 24.9 Å². The molecular weight excluding hydrogens is 469 g/mol. The summed E-state index contributed by atoms with van der Waals surface area (Å²) in [5.74, 6) is 0. The predicted molar refractivity (Wildman–Crippen MR) is 137 cm³/mol. The first-order valence-corrected chi connectivity index (χ1v) is 13.0. The molecule has 0 saturated heterocycles. The van der Waals surface area contributed by atoms with Gasteiger partial charge in [0.2, 0.25) is 0 Å². The molecule has 0 bridgehead atoms. The fourth-order valence-electron chi connectivity index (χ4n) is 3.83. The van der Waals surface area contributed by atoms with Gasteiger partial charge in [-0.2, -0.15) is 4.57 Å². The summed E-state index contributed by atoms with van der Waals surface area (Å²) >= 11 is 4.77. The van der Waals surface area contributed by atoms with Crippen molar-refractivity contribution in [1.29, 1.82) is 0 Å². The molecule has 0 fully saturated rings. The summed E-state index contributed by atoms with van der Waals surface area (Å²) in [6.45, 7) is 10.7. The van der Waals surface area contributed by atoms with Gasteiger partial charge in [0, 0.05) is 24.1 Å². The smallest absolute Gasteiger partial charge is 0.271 e. The van der Waals surface area contributed by atoms with E-state index in [9.17, 15) is 4.79 Å². The average molecular weight is 490 g/mol. The minimum atomic E-state index is 0.0347. The van der Waals surface area contributed by atoms with Crippen molar-refractivity contribution >= 4 is 56.9 Å². The van der Waals surface area contributed by atoms with E-state index in [2.05, 4.69) is 56.2 Å². The van der Waals surface area contributed by atoms with Crippen LogP contribution in [-0.2, 0) is 13.1 Å². The van der Waals surface area contributed by atoms with E-state index in [1.165, 1.54) is 16.9 Å². The van der Waals surface area contributed by atoms with Gasteiger partial charge in [0.25, 0.3) is 10.6 Å². The zero-order valence-electron chi connectivity index (χ0n) is 18.2. The number of nitrogens with zero attached hydrogens (tertiary/aromatic N) is 4. The molecule has 0 radical (unpaired) electrons. The fourth-order valence-corrected chi connectivity index (χ4v) is 7.18. The van der Waals surface area contributed by atoms with E-state index in [0.29, 0.717) is 12.2 Å². The van der Waals surface area contributed by atoms with E-state index in [4.69, 9.17) is 6.57 Å². The van der Waals surface area contributed by atoms with Crippen LogP contribution in [0.1, 0.15) is 17.5 Å². The van der Waals surface area contributed by atoms with Gasteiger partial charge in [-0.15, -0.1) is 11.3 Å². The Balaban J connectivity index is 1.61. The minimum Gasteiger partial charge on any atom is -0.337 e. The highest BCUT2D eigenvalue weighted by Gasteiger charge is 2.25. The first kappa shape index (κ1) is 21.7. The molecule has 4 aromatic rings.